The third-order valence-electron chi connectivity index (χ3n) is 6.44. The maximum atomic E-state index is 14.8. The Balaban J connectivity index is 1.66. The van der Waals surface area contributed by atoms with Gasteiger partial charge in [0.1, 0.15) is 23.1 Å². The molecule has 222 valence electrons. The van der Waals surface area contributed by atoms with Crippen LogP contribution in [0.1, 0.15) is 28.0 Å². The molecule has 0 radical (unpaired) electrons. The van der Waals surface area contributed by atoms with E-state index in [1.54, 1.807) is 12.2 Å². The van der Waals surface area contributed by atoms with E-state index in [-0.39, 0.29) is 44.7 Å². The average Bonchev–Trinajstić information content (AvgIpc) is 3.23. The molecule has 0 bridgehead atoms. The molecule has 0 spiro atoms. The highest BCUT2D eigenvalue weighted by molar-refractivity contribution is 7.90. The minimum atomic E-state index is -5.01. The van der Waals surface area contributed by atoms with Crippen LogP contribution >= 0.6 is 11.6 Å². The lowest BCUT2D eigenvalue weighted by Gasteiger charge is -2.15. The number of hydrogen-bond donors (Lipinski definition) is 1. The Morgan fingerprint density at radius 1 is 1.02 bits per heavy atom. The number of allylic oxidation sites excluding steroid dienone is 4. The molecule has 0 saturated carbocycles. The van der Waals surface area contributed by atoms with Gasteiger partial charge in [0.2, 0.25) is 0 Å². The van der Waals surface area contributed by atoms with Gasteiger partial charge in [0.25, 0.3) is 15.9 Å². The van der Waals surface area contributed by atoms with Gasteiger partial charge in [-0.3, -0.25) is 9.59 Å². The molecule has 1 aliphatic rings. The van der Waals surface area contributed by atoms with Crippen molar-refractivity contribution in [2.24, 2.45) is 0 Å². The number of halogens is 6. The first kappa shape index (κ1) is 30.0. The summed E-state index contributed by atoms with van der Waals surface area (Å²) in [5.74, 6) is -3.92. The number of Topliss-reactive ketones (excluding diaryl/α,β-unsaturated/α-hetero) is 1. The first-order chi connectivity index (χ1) is 20.2. The lowest BCUT2D eigenvalue weighted by atomic mass is 9.93. The van der Waals surface area contributed by atoms with Crippen LogP contribution in [-0.2, 0) is 21.4 Å². The van der Waals surface area contributed by atoms with Crippen LogP contribution in [0.15, 0.2) is 83.8 Å². The second-order valence-electron chi connectivity index (χ2n) is 9.30. The number of alkyl halides is 3. The lowest BCUT2D eigenvalue weighted by Crippen LogP contribution is -2.33. The number of aromatic nitrogens is 1. The summed E-state index contributed by atoms with van der Waals surface area (Å²) in [6.07, 6.45) is -0.457. The standard InChI is InChI=1S/C29H18ClF5N2O5S/c30-17-5-12-24-22(14-17)26(21-3-1-2-4-25(21)38)27(37(24)15-16-13-18(31)6-11-23(16)32)28(39)36-43(40,41)20-9-7-19(8-10-20)42-29(33,34)35/h1-3,5-14H,4,15H2,(H,36,39). The van der Waals surface area contributed by atoms with Gasteiger partial charge in [-0.15, -0.1) is 13.2 Å². The second-order valence-corrected chi connectivity index (χ2v) is 11.4. The van der Waals surface area contributed by atoms with Crippen LogP contribution < -0.4 is 9.46 Å². The average molecular weight is 637 g/mol. The fourth-order valence-electron chi connectivity index (χ4n) is 4.65. The normalized spacial score (nSPS) is 13.7. The van der Waals surface area contributed by atoms with Crippen molar-refractivity contribution in [1.82, 2.24) is 9.29 Å². The highest BCUT2D eigenvalue weighted by Gasteiger charge is 2.33. The largest absolute Gasteiger partial charge is 0.573 e. The van der Waals surface area contributed by atoms with Gasteiger partial charge in [-0.1, -0.05) is 29.8 Å². The summed E-state index contributed by atoms with van der Waals surface area (Å²) in [5, 5.41) is 0.471. The zero-order valence-electron chi connectivity index (χ0n) is 21.6. The molecule has 1 heterocycles. The Labute approximate surface area is 245 Å². The number of sulfonamides is 1. The molecular weight excluding hydrogens is 619 g/mol. The van der Waals surface area contributed by atoms with E-state index < -0.39 is 56.9 Å². The fraction of sp³-hybridized carbons (Fsp3) is 0.103. The molecule has 3 aromatic carbocycles. The zero-order valence-corrected chi connectivity index (χ0v) is 23.2. The minimum Gasteiger partial charge on any atom is -0.406 e. The van der Waals surface area contributed by atoms with Gasteiger partial charge in [0, 0.05) is 39.0 Å². The molecule has 7 nitrogen and oxygen atoms in total. The maximum Gasteiger partial charge on any atom is 0.573 e. The molecule has 4 aromatic rings. The summed E-state index contributed by atoms with van der Waals surface area (Å²) in [6, 6.07) is 10.2. The molecule has 1 aromatic heterocycles. The molecule has 1 N–H and O–H groups in total. The van der Waals surface area contributed by atoms with E-state index in [9.17, 15) is 40.0 Å². The molecule has 1 aliphatic carbocycles. The summed E-state index contributed by atoms with van der Waals surface area (Å²) in [5.41, 5.74) is -0.256. The number of fused-ring (bicyclic) bond motifs is 1. The van der Waals surface area contributed by atoms with Crippen molar-refractivity contribution < 1.29 is 44.7 Å². The van der Waals surface area contributed by atoms with Crippen LogP contribution in [0.4, 0.5) is 22.0 Å². The van der Waals surface area contributed by atoms with E-state index in [1.165, 1.54) is 28.8 Å². The topological polar surface area (TPSA) is 94.5 Å². The van der Waals surface area contributed by atoms with Crippen LogP contribution in [0.25, 0.3) is 16.5 Å². The van der Waals surface area contributed by atoms with Crippen LogP contribution in [0.3, 0.4) is 0 Å². The molecule has 5 rings (SSSR count). The molecule has 1 amide bonds. The van der Waals surface area contributed by atoms with Gasteiger partial charge in [-0.05, 0) is 60.7 Å². The van der Waals surface area contributed by atoms with Crippen LogP contribution in [0, 0.1) is 11.6 Å². The number of hydrogen-bond acceptors (Lipinski definition) is 5. The van der Waals surface area contributed by atoms with Gasteiger partial charge >= 0.3 is 6.36 Å². The predicted octanol–water partition coefficient (Wildman–Crippen LogP) is 6.55. The number of rotatable bonds is 7. The molecular formula is C29H18ClF5N2O5S. The number of ketones is 1. The highest BCUT2D eigenvalue weighted by Crippen LogP contribution is 2.37. The lowest BCUT2D eigenvalue weighted by molar-refractivity contribution is -0.274. The number of carbonyl (C=O) groups is 2. The Bertz CT molecular complexity index is 1950. The van der Waals surface area contributed by atoms with Crippen LogP contribution in [-0.4, -0.2) is 31.0 Å². The number of ether oxygens (including phenoxy) is 1. The molecule has 43 heavy (non-hydrogen) atoms. The second kappa shape index (κ2) is 11.3. The Kier molecular flexibility index (Phi) is 7.88. The van der Waals surface area contributed by atoms with Gasteiger partial charge in [-0.2, -0.15) is 0 Å². The molecule has 14 heteroatoms. The molecule has 0 fully saturated rings. The summed E-state index contributed by atoms with van der Waals surface area (Å²) in [7, 11) is -4.71. The van der Waals surface area contributed by atoms with Gasteiger partial charge in [0.15, 0.2) is 5.78 Å². The maximum absolute atomic E-state index is 14.8. The van der Waals surface area contributed by atoms with Crippen molar-refractivity contribution >= 4 is 49.8 Å². The molecule has 0 atom stereocenters. The quantitative estimate of drug-likeness (QED) is 0.232. The summed E-state index contributed by atoms with van der Waals surface area (Å²) >= 11 is 6.24. The monoisotopic (exact) mass is 636 g/mol. The van der Waals surface area contributed by atoms with Crippen LogP contribution in [0.2, 0.25) is 5.02 Å². The number of carbonyl (C=O) groups excluding carboxylic acids is 2. The first-order valence-electron chi connectivity index (χ1n) is 12.3. The van der Waals surface area contributed by atoms with Crippen molar-refractivity contribution in [3.05, 3.63) is 112 Å². The number of nitrogens with zero attached hydrogens (tertiary/aromatic N) is 1. The van der Waals surface area contributed by atoms with Crippen molar-refractivity contribution in [1.29, 1.82) is 0 Å². The zero-order chi connectivity index (χ0) is 31.1. The molecule has 0 unspecified atom stereocenters. The van der Waals surface area contributed by atoms with E-state index in [1.807, 2.05) is 4.72 Å². The minimum absolute atomic E-state index is 0.00489. The number of amides is 1. The Hall–Kier alpha value is -4.49. The van der Waals surface area contributed by atoms with E-state index >= 15 is 0 Å². The van der Waals surface area contributed by atoms with Crippen molar-refractivity contribution in [2.45, 2.75) is 24.2 Å². The third-order valence-corrected chi connectivity index (χ3v) is 8.03. The van der Waals surface area contributed by atoms with E-state index in [4.69, 9.17) is 11.6 Å². The SMILES string of the molecule is O=C1CC=CC=C1c1c(C(=O)NS(=O)(=O)c2ccc(OC(F)(F)F)cc2)n(Cc2cc(F)ccc2F)c2ccc(Cl)cc12. The fourth-order valence-corrected chi connectivity index (χ4v) is 5.77. The Morgan fingerprint density at radius 2 is 1.74 bits per heavy atom. The molecule has 0 saturated heterocycles. The highest BCUT2D eigenvalue weighted by atomic mass is 35.5. The summed E-state index contributed by atoms with van der Waals surface area (Å²) in [4.78, 5) is 26.2. The molecule has 0 aliphatic heterocycles. The summed E-state index contributed by atoms with van der Waals surface area (Å²) < 4.78 is 99.6. The number of nitrogens with one attached hydrogen (secondary N) is 1. The number of benzene rings is 3. The van der Waals surface area contributed by atoms with Crippen molar-refractivity contribution in [3.63, 3.8) is 0 Å². The summed E-state index contributed by atoms with van der Waals surface area (Å²) in [6.45, 7) is -0.453. The van der Waals surface area contributed by atoms with Crippen molar-refractivity contribution in [2.75, 3.05) is 0 Å². The van der Waals surface area contributed by atoms with Gasteiger partial charge in [0.05, 0.1) is 11.4 Å². The Morgan fingerprint density at radius 3 is 2.42 bits per heavy atom. The predicted molar refractivity (Wildman–Crippen MR) is 147 cm³/mol. The van der Waals surface area contributed by atoms with Gasteiger partial charge < -0.3 is 9.30 Å². The van der Waals surface area contributed by atoms with Crippen molar-refractivity contribution in [3.8, 4) is 5.75 Å². The first-order valence-corrected chi connectivity index (χ1v) is 14.2. The van der Waals surface area contributed by atoms with E-state index in [0.29, 0.717) is 0 Å². The van der Waals surface area contributed by atoms with Crippen LogP contribution in [0.5, 0.6) is 5.75 Å². The smallest absolute Gasteiger partial charge is 0.406 e. The third kappa shape index (κ3) is 6.32. The van der Waals surface area contributed by atoms with E-state index in [2.05, 4.69) is 4.74 Å². The van der Waals surface area contributed by atoms with E-state index in [0.717, 1.165) is 42.5 Å². The van der Waals surface area contributed by atoms with Gasteiger partial charge in [-0.25, -0.2) is 21.9 Å².